The Morgan fingerprint density at radius 1 is 1.06 bits per heavy atom. The zero-order chi connectivity index (χ0) is 23.4. The van der Waals surface area contributed by atoms with Crippen molar-refractivity contribution in [1.29, 1.82) is 0 Å². The second-order valence-electron chi connectivity index (χ2n) is 7.87. The first-order valence-corrected chi connectivity index (χ1v) is 10.7. The fraction of sp³-hybridized carbons (Fsp3) is 0.231. The number of fused-ring (bicyclic) bond motifs is 1. The number of ether oxygens (including phenoxy) is 2. The molecule has 0 bridgehead atoms. The summed E-state index contributed by atoms with van der Waals surface area (Å²) in [7, 11) is 0. The summed E-state index contributed by atoms with van der Waals surface area (Å²) in [5.41, 5.74) is 3.06. The lowest BCUT2D eigenvalue weighted by atomic mass is 9.88. The van der Waals surface area contributed by atoms with E-state index >= 15 is 0 Å². The third-order valence-corrected chi connectivity index (χ3v) is 5.64. The lowest BCUT2D eigenvalue weighted by Crippen LogP contribution is -2.41. The van der Waals surface area contributed by atoms with Crippen LogP contribution in [0.4, 0.5) is 9.18 Å². The quantitative estimate of drug-likeness (QED) is 0.576. The van der Waals surface area contributed by atoms with Gasteiger partial charge in [0.2, 0.25) is 0 Å². The molecule has 3 aromatic carbocycles. The minimum atomic E-state index is -1.15. The van der Waals surface area contributed by atoms with E-state index in [1.54, 1.807) is 4.90 Å². The number of amides is 1. The topological polar surface area (TPSA) is 76.1 Å². The molecule has 1 amide bonds. The summed E-state index contributed by atoms with van der Waals surface area (Å²) in [4.78, 5) is 26.1. The summed E-state index contributed by atoms with van der Waals surface area (Å²) < 4.78 is 25.6. The van der Waals surface area contributed by atoms with Crippen molar-refractivity contribution >= 4 is 12.1 Å². The fourth-order valence-corrected chi connectivity index (χ4v) is 3.98. The Labute approximate surface area is 191 Å². The molecular weight excluding hydrogens is 425 g/mol. The molecule has 0 unspecified atom stereocenters. The molecule has 1 aliphatic rings. The Kier molecular flexibility index (Phi) is 6.58. The van der Waals surface area contributed by atoms with Crippen molar-refractivity contribution in [2.24, 2.45) is 0 Å². The van der Waals surface area contributed by atoms with Gasteiger partial charge in [0.1, 0.15) is 18.2 Å². The van der Waals surface area contributed by atoms with Gasteiger partial charge < -0.3 is 14.6 Å². The molecule has 0 radical (unpaired) electrons. The molecule has 7 heteroatoms. The van der Waals surface area contributed by atoms with Gasteiger partial charge in [0.15, 0.2) is 6.10 Å². The van der Waals surface area contributed by atoms with Gasteiger partial charge in [-0.1, -0.05) is 54.6 Å². The van der Waals surface area contributed by atoms with E-state index in [0.717, 1.165) is 16.7 Å². The number of nitrogens with zero attached hydrogens (tertiary/aromatic N) is 1. The van der Waals surface area contributed by atoms with Crippen molar-refractivity contribution in [3.05, 3.63) is 101 Å². The highest BCUT2D eigenvalue weighted by atomic mass is 19.1. The third-order valence-electron chi connectivity index (χ3n) is 5.64. The summed E-state index contributed by atoms with van der Waals surface area (Å²) in [6.07, 6.45) is -1.07. The molecule has 2 atom stereocenters. The SMILES string of the molecule is C[C@@H](Oc1ccc(F)cc1[C@H]1c2ccccc2CCN1C(=O)OCc1ccccc1)C(=O)O. The third kappa shape index (κ3) is 4.98. The maximum absolute atomic E-state index is 14.4. The van der Waals surface area contributed by atoms with Gasteiger partial charge in [-0.3, -0.25) is 4.90 Å². The van der Waals surface area contributed by atoms with Gasteiger partial charge in [0.25, 0.3) is 0 Å². The minimum absolute atomic E-state index is 0.104. The van der Waals surface area contributed by atoms with E-state index in [1.807, 2.05) is 54.6 Å². The van der Waals surface area contributed by atoms with Crippen LogP contribution in [0.15, 0.2) is 72.8 Å². The highest BCUT2D eigenvalue weighted by Gasteiger charge is 2.35. The van der Waals surface area contributed by atoms with Crippen LogP contribution >= 0.6 is 0 Å². The number of halogens is 1. The number of rotatable bonds is 6. The molecule has 0 saturated carbocycles. The Balaban J connectivity index is 1.71. The number of benzene rings is 3. The molecule has 3 aromatic rings. The van der Waals surface area contributed by atoms with Crippen molar-refractivity contribution in [3.63, 3.8) is 0 Å². The normalized spacial score (nSPS) is 15.9. The number of aliphatic carboxylic acids is 1. The van der Waals surface area contributed by atoms with E-state index in [0.29, 0.717) is 18.5 Å². The Morgan fingerprint density at radius 3 is 2.55 bits per heavy atom. The second-order valence-corrected chi connectivity index (χ2v) is 7.87. The van der Waals surface area contributed by atoms with Crippen molar-refractivity contribution in [2.75, 3.05) is 6.54 Å². The first-order valence-electron chi connectivity index (χ1n) is 10.7. The van der Waals surface area contributed by atoms with Gasteiger partial charge in [-0.15, -0.1) is 0 Å². The van der Waals surface area contributed by atoms with Gasteiger partial charge in [0.05, 0.1) is 6.04 Å². The number of hydrogen-bond donors (Lipinski definition) is 1. The smallest absolute Gasteiger partial charge is 0.410 e. The van der Waals surface area contributed by atoms with Crippen LogP contribution in [0, 0.1) is 5.82 Å². The first kappa shape index (κ1) is 22.3. The van der Waals surface area contributed by atoms with Crippen molar-refractivity contribution in [1.82, 2.24) is 4.90 Å². The van der Waals surface area contributed by atoms with E-state index in [1.165, 1.54) is 25.1 Å². The zero-order valence-electron chi connectivity index (χ0n) is 18.1. The molecule has 0 spiro atoms. The monoisotopic (exact) mass is 449 g/mol. The van der Waals surface area contributed by atoms with Crippen LogP contribution in [-0.2, 0) is 22.6 Å². The zero-order valence-corrected chi connectivity index (χ0v) is 18.1. The predicted octanol–water partition coefficient (Wildman–Crippen LogP) is 4.96. The van der Waals surface area contributed by atoms with Crippen LogP contribution in [0.2, 0.25) is 0 Å². The first-order chi connectivity index (χ1) is 15.9. The summed E-state index contributed by atoms with van der Waals surface area (Å²) in [6, 6.07) is 20.1. The molecule has 0 fully saturated rings. The largest absolute Gasteiger partial charge is 0.479 e. The molecule has 6 nitrogen and oxygen atoms in total. The molecule has 1 aliphatic heterocycles. The maximum Gasteiger partial charge on any atom is 0.410 e. The lowest BCUT2D eigenvalue weighted by Gasteiger charge is -2.37. The maximum atomic E-state index is 14.4. The molecule has 1 N–H and O–H groups in total. The lowest BCUT2D eigenvalue weighted by molar-refractivity contribution is -0.144. The molecule has 1 heterocycles. The van der Waals surface area contributed by atoms with Crippen LogP contribution in [0.1, 0.15) is 35.2 Å². The van der Waals surface area contributed by atoms with E-state index in [9.17, 15) is 19.1 Å². The van der Waals surface area contributed by atoms with E-state index < -0.39 is 30.0 Å². The van der Waals surface area contributed by atoms with Crippen LogP contribution < -0.4 is 4.74 Å². The van der Waals surface area contributed by atoms with Gasteiger partial charge >= 0.3 is 12.1 Å². The summed E-state index contributed by atoms with van der Waals surface area (Å²) in [5.74, 6) is -1.46. The molecule has 0 aromatic heterocycles. The summed E-state index contributed by atoms with van der Waals surface area (Å²) in [6.45, 7) is 1.86. The van der Waals surface area contributed by atoms with Crippen molar-refractivity contribution in [3.8, 4) is 5.75 Å². The summed E-state index contributed by atoms with van der Waals surface area (Å²) >= 11 is 0. The van der Waals surface area contributed by atoms with E-state index in [4.69, 9.17) is 9.47 Å². The fourth-order valence-electron chi connectivity index (χ4n) is 3.98. The standard InChI is InChI=1S/C26H24FNO5/c1-17(25(29)30)33-23-12-11-20(27)15-22(23)24-21-10-6-5-9-19(21)13-14-28(24)26(31)32-16-18-7-3-2-4-8-18/h2-12,15,17,24H,13-14,16H2,1H3,(H,29,30)/t17-,24-/m1/s1. The van der Waals surface area contributed by atoms with Gasteiger partial charge in [0, 0.05) is 12.1 Å². The van der Waals surface area contributed by atoms with Gasteiger partial charge in [-0.2, -0.15) is 0 Å². The molecule has 170 valence electrons. The minimum Gasteiger partial charge on any atom is -0.479 e. The molecule has 0 saturated heterocycles. The van der Waals surface area contributed by atoms with Gasteiger partial charge in [-0.25, -0.2) is 14.0 Å². The van der Waals surface area contributed by atoms with Crippen LogP contribution in [0.5, 0.6) is 5.75 Å². The van der Waals surface area contributed by atoms with E-state index in [2.05, 4.69) is 0 Å². The number of carboxylic acids is 1. The Morgan fingerprint density at radius 2 is 1.79 bits per heavy atom. The Bertz CT molecular complexity index is 1150. The van der Waals surface area contributed by atoms with Crippen molar-refractivity contribution < 1.29 is 28.6 Å². The predicted molar refractivity (Wildman–Crippen MR) is 119 cm³/mol. The highest BCUT2D eigenvalue weighted by molar-refractivity contribution is 5.73. The average molecular weight is 449 g/mol. The summed E-state index contributed by atoms with van der Waals surface area (Å²) in [5, 5.41) is 9.29. The van der Waals surface area contributed by atoms with Crippen LogP contribution in [-0.4, -0.2) is 34.7 Å². The Hall–Kier alpha value is -3.87. The highest BCUT2D eigenvalue weighted by Crippen LogP contribution is 2.40. The van der Waals surface area contributed by atoms with Crippen molar-refractivity contribution in [2.45, 2.75) is 32.1 Å². The molecule has 4 rings (SSSR count). The van der Waals surface area contributed by atoms with Gasteiger partial charge in [-0.05, 0) is 48.2 Å². The van der Waals surface area contributed by atoms with Crippen LogP contribution in [0.25, 0.3) is 0 Å². The van der Waals surface area contributed by atoms with Crippen LogP contribution in [0.3, 0.4) is 0 Å². The molecule has 33 heavy (non-hydrogen) atoms. The number of carboxylic acid groups (broad SMARTS) is 1. The second kappa shape index (κ2) is 9.73. The molecule has 0 aliphatic carbocycles. The van der Waals surface area contributed by atoms with E-state index in [-0.39, 0.29) is 12.4 Å². The molecular formula is C26H24FNO5. The number of hydrogen-bond acceptors (Lipinski definition) is 4. The number of carbonyl (C=O) groups excluding carboxylic acids is 1. The number of carbonyl (C=O) groups is 2. The average Bonchev–Trinajstić information content (AvgIpc) is 2.83.